The van der Waals surface area contributed by atoms with E-state index in [0.717, 1.165) is 31.1 Å². The number of anilines is 1. The number of hydrogen-bond donors (Lipinski definition) is 1. The fourth-order valence-corrected chi connectivity index (χ4v) is 2.65. The van der Waals surface area contributed by atoms with E-state index in [9.17, 15) is 4.79 Å². The Balaban J connectivity index is 2.06. The Morgan fingerprint density at radius 3 is 2.95 bits per heavy atom. The van der Waals surface area contributed by atoms with Crippen LogP contribution in [0.5, 0.6) is 0 Å². The Morgan fingerprint density at radius 1 is 1.53 bits per heavy atom. The lowest BCUT2D eigenvalue weighted by Gasteiger charge is -2.31. The maximum absolute atomic E-state index is 11.4. The number of piperidine rings is 1. The van der Waals surface area contributed by atoms with Crippen molar-refractivity contribution in [3.63, 3.8) is 0 Å². The number of nitrogen functional groups attached to an aromatic ring is 1. The van der Waals surface area contributed by atoms with Gasteiger partial charge in [0, 0.05) is 18.8 Å². The molecule has 0 amide bonds. The van der Waals surface area contributed by atoms with Crippen molar-refractivity contribution in [2.75, 3.05) is 25.9 Å². The number of nitrogens with two attached hydrogens (primary N) is 1. The first kappa shape index (κ1) is 13.9. The van der Waals surface area contributed by atoms with Crippen molar-refractivity contribution in [1.29, 1.82) is 0 Å². The molecular weight excluding hydrogens is 240 g/mol. The molecule has 0 saturated carbocycles. The molecule has 1 atom stereocenters. The van der Waals surface area contributed by atoms with Crippen molar-refractivity contribution in [2.45, 2.75) is 26.3 Å². The van der Waals surface area contributed by atoms with Crippen LogP contribution in [0.1, 0.15) is 35.7 Å². The van der Waals surface area contributed by atoms with Gasteiger partial charge in [0.05, 0.1) is 12.7 Å². The molecular formula is C15H22N2O2. The molecule has 1 fully saturated rings. The predicted octanol–water partition coefficient (Wildman–Crippen LogP) is 2.29. The molecule has 4 heteroatoms. The summed E-state index contributed by atoms with van der Waals surface area (Å²) in [5.41, 5.74) is 8.29. The van der Waals surface area contributed by atoms with E-state index in [0.29, 0.717) is 11.3 Å². The van der Waals surface area contributed by atoms with E-state index in [1.54, 1.807) is 12.1 Å². The number of likely N-dealkylation sites (tertiary alicyclic amines) is 1. The average molecular weight is 262 g/mol. The monoisotopic (exact) mass is 262 g/mol. The Bertz CT molecular complexity index is 459. The normalized spacial score (nSPS) is 20.2. The lowest BCUT2D eigenvalue weighted by Crippen LogP contribution is -2.33. The minimum atomic E-state index is -0.343. The molecule has 1 aromatic rings. The highest BCUT2D eigenvalue weighted by Crippen LogP contribution is 2.21. The fourth-order valence-electron chi connectivity index (χ4n) is 2.65. The summed E-state index contributed by atoms with van der Waals surface area (Å²) >= 11 is 0. The molecule has 1 aliphatic heterocycles. The number of nitrogens with zero attached hydrogens (tertiary/aromatic N) is 1. The number of hydrogen-bond acceptors (Lipinski definition) is 4. The molecule has 0 spiro atoms. The zero-order valence-electron chi connectivity index (χ0n) is 11.7. The molecule has 0 aromatic heterocycles. The summed E-state index contributed by atoms with van der Waals surface area (Å²) in [4.78, 5) is 13.8. The zero-order chi connectivity index (χ0) is 13.8. The van der Waals surface area contributed by atoms with Gasteiger partial charge in [0.15, 0.2) is 0 Å². The van der Waals surface area contributed by atoms with E-state index in [1.165, 1.54) is 20.0 Å². The predicted molar refractivity (Wildman–Crippen MR) is 75.9 cm³/mol. The molecule has 104 valence electrons. The van der Waals surface area contributed by atoms with E-state index in [1.807, 2.05) is 6.07 Å². The van der Waals surface area contributed by atoms with Gasteiger partial charge in [-0.1, -0.05) is 13.0 Å². The second-order valence-corrected chi connectivity index (χ2v) is 5.39. The summed E-state index contributed by atoms with van der Waals surface area (Å²) in [5.74, 6) is 0.411. The molecule has 1 aliphatic rings. The number of ether oxygens (including phenoxy) is 1. The molecule has 1 aromatic carbocycles. The van der Waals surface area contributed by atoms with Gasteiger partial charge in [0.2, 0.25) is 0 Å². The highest BCUT2D eigenvalue weighted by Gasteiger charge is 2.17. The lowest BCUT2D eigenvalue weighted by molar-refractivity contribution is 0.0601. The molecule has 1 saturated heterocycles. The third-order valence-corrected chi connectivity index (χ3v) is 3.70. The van der Waals surface area contributed by atoms with E-state index in [2.05, 4.69) is 11.8 Å². The Labute approximate surface area is 114 Å². The second-order valence-electron chi connectivity index (χ2n) is 5.39. The van der Waals surface area contributed by atoms with Gasteiger partial charge in [-0.05, 0) is 43.0 Å². The number of carbonyl (C=O) groups excluding carboxylic acids is 1. The fraction of sp³-hybridized carbons (Fsp3) is 0.533. The molecule has 0 bridgehead atoms. The van der Waals surface area contributed by atoms with Crippen LogP contribution in [0, 0.1) is 5.92 Å². The van der Waals surface area contributed by atoms with Crippen LogP contribution >= 0.6 is 0 Å². The van der Waals surface area contributed by atoms with Gasteiger partial charge in [-0.3, -0.25) is 4.90 Å². The Hall–Kier alpha value is -1.55. The van der Waals surface area contributed by atoms with E-state index in [-0.39, 0.29) is 5.97 Å². The van der Waals surface area contributed by atoms with Crippen molar-refractivity contribution < 1.29 is 9.53 Å². The van der Waals surface area contributed by atoms with E-state index in [4.69, 9.17) is 10.5 Å². The number of rotatable bonds is 3. The van der Waals surface area contributed by atoms with Crippen molar-refractivity contribution in [2.24, 2.45) is 5.92 Å². The quantitative estimate of drug-likeness (QED) is 0.670. The maximum atomic E-state index is 11.4. The summed E-state index contributed by atoms with van der Waals surface area (Å²) in [5, 5.41) is 0. The summed E-state index contributed by atoms with van der Waals surface area (Å²) in [6.45, 7) is 5.40. The third kappa shape index (κ3) is 3.47. The molecule has 4 nitrogen and oxygen atoms in total. The van der Waals surface area contributed by atoms with Gasteiger partial charge in [0.1, 0.15) is 0 Å². The van der Waals surface area contributed by atoms with Crippen LogP contribution in [-0.4, -0.2) is 31.1 Å². The van der Waals surface area contributed by atoms with Crippen LogP contribution in [0.25, 0.3) is 0 Å². The molecule has 0 radical (unpaired) electrons. The van der Waals surface area contributed by atoms with Crippen LogP contribution in [-0.2, 0) is 11.3 Å². The van der Waals surface area contributed by atoms with Gasteiger partial charge in [-0.15, -0.1) is 0 Å². The summed E-state index contributed by atoms with van der Waals surface area (Å²) in [6.07, 6.45) is 2.56. The summed E-state index contributed by atoms with van der Waals surface area (Å²) in [7, 11) is 1.38. The second kappa shape index (κ2) is 6.06. The van der Waals surface area contributed by atoms with Crippen LogP contribution in [0.4, 0.5) is 5.69 Å². The molecule has 2 rings (SSSR count). The van der Waals surface area contributed by atoms with E-state index < -0.39 is 0 Å². The first-order chi connectivity index (χ1) is 9.10. The minimum absolute atomic E-state index is 0.343. The summed E-state index contributed by atoms with van der Waals surface area (Å²) in [6, 6.07) is 5.42. The highest BCUT2D eigenvalue weighted by atomic mass is 16.5. The van der Waals surface area contributed by atoms with Crippen molar-refractivity contribution in [3.8, 4) is 0 Å². The number of esters is 1. The first-order valence-electron chi connectivity index (χ1n) is 6.79. The van der Waals surface area contributed by atoms with Crippen molar-refractivity contribution in [3.05, 3.63) is 29.3 Å². The van der Waals surface area contributed by atoms with Crippen LogP contribution in [0.3, 0.4) is 0 Å². The van der Waals surface area contributed by atoms with Crippen molar-refractivity contribution in [1.82, 2.24) is 4.90 Å². The molecule has 0 aliphatic carbocycles. The maximum Gasteiger partial charge on any atom is 0.337 e. The topological polar surface area (TPSA) is 55.6 Å². The highest BCUT2D eigenvalue weighted by molar-refractivity contribution is 5.90. The van der Waals surface area contributed by atoms with Crippen molar-refractivity contribution >= 4 is 11.7 Å². The van der Waals surface area contributed by atoms with Crippen LogP contribution in [0.15, 0.2) is 18.2 Å². The van der Waals surface area contributed by atoms with Gasteiger partial charge < -0.3 is 10.5 Å². The van der Waals surface area contributed by atoms with Gasteiger partial charge in [0.25, 0.3) is 0 Å². The third-order valence-electron chi connectivity index (χ3n) is 3.70. The number of benzene rings is 1. The van der Waals surface area contributed by atoms with Gasteiger partial charge in [-0.25, -0.2) is 4.79 Å². The lowest BCUT2D eigenvalue weighted by atomic mass is 9.99. The number of methoxy groups -OCH3 is 1. The molecule has 1 unspecified atom stereocenters. The zero-order valence-corrected chi connectivity index (χ0v) is 11.7. The average Bonchev–Trinajstić information content (AvgIpc) is 2.40. The van der Waals surface area contributed by atoms with Crippen LogP contribution in [0.2, 0.25) is 0 Å². The Kier molecular flexibility index (Phi) is 4.43. The van der Waals surface area contributed by atoms with Gasteiger partial charge >= 0.3 is 5.97 Å². The molecule has 2 N–H and O–H groups in total. The number of carbonyl (C=O) groups is 1. The molecule has 19 heavy (non-hydrogen) atoms. The molecule has 1 heterocycles. The SMILES string of the molecule is COC(=O)c1ccc(CN2CCCC(C)C2)c(N)c1. The summed E-state index contributed by atoms with van der Waals surface area (Å²) < 4.78 is 4.69. The standard InChI is InChI=1S/C15H22N2O2/c1-11-4-3-7-17(9-11)10-13-6-5-12(8-14(13)16)15(18)19-2/h5-6,8,11H,3-4,7,9-10,16H2,1-2H3. The largest absolute Gasteiger partial charge is 0.465 e. The van der Waals surface area contributed by atoms with E-state index >= 15 is 0 Å². The smallest absolute Gasteiger partial charge is 0.337 e. The Morgan fingerprint density at radius 2 is 2.32 bits per heavy atom. The van der Waals surface area contributed by atoms with Crippen LogP contribution < -0.4 is 5.73 Å². The minimum Gasteiger partial charge on any atom is -0.465 e. The first-order valence-corrected chi connectivity index (χ1v) is 6.79. The van der Waals surface area contributed by atoms with Gasteiger partial charge in [-0.2, -0.15) is 0 Å².